The Hall–Kier alpha value is -4.01. The van der Waals surface area contributed by atoms with E-state index in [1.807, 2.05) is 0 Å². The second kappa shape index (κ2) is 12.1. The van der Waals surface area contributed by atoms with Gasteiger partial charge in [-0.15, -0.1) is 11.3 Å². The van der Waals surface area contributed by atoms with Crippen LogP contribution in [-0.4, -0.2) is 57.4 Å². The van der Waals surface area contributed by atoms with Crippen molar-refractivity contribution in [1.82, 2.24) is 19.2 Å². The van der Waals surface area contributed by atoms with Crippen LogP contribution < -0.4 is 10.9 Å². The molecule has 0 saturated carbocycles. The Kier molecular flexibility index (Phi) is 8.48. The first kappa shape index (κ1) is 29.5. The number of carbonyl (C=O) groups excluding carboxylic acids is 2. The van der Waals surface area contributed by atoms with Gasteiger partial charge in [0, 0.05) is 36.2 Å². The third-order valence-corrected chi connectivity index (χ3v) is 7.68. The van der Waals surface area contributed by atoms with Crippen molar-refractivity contribution in [3.8, 4) is 11.4 Å². The van der Waals surface area contributed by atoms with Gasteiger partial charge in [-0.2, -0.15) is 23.0 Å². The summed E-state index contributed by atoms with van der Waals surface area (Å²) in [6.45, 7) is 0.949. The molecule has 9 nitrogen and oxygen atoms in total. The second-order valence-electron chi connectivity index (χ2n) is 9.21. The normalized spacial score (nSPS) is 13.8. The number of halogens is 5. The van der Waals surface area contributed by atoms with Gasteiger partial charge in [0.25, 0.3) is 11.5 Å². The van der Waals surface area contributed by atoms with E-state index in [1.165, 1.54) is 28.4 Å². The molecule has 15 heteroatoms. The monoisotopic (exact) mass is 623 g/mol. The van der Waals surface area contributed by atoms with E-state index < -0.39 is 47.0 Å². The molecule has 0 unspecified atom stereocenters. The number of carbonyl (C=O) groups is 2. The first-order valence-corrected chi connectivity index (χ1v) is 13.8. The van der Waals surface area contributed by atoms with E-state index in [0.29, 0.717) is 36.7 Å². The standard InChI is InChI=1S/C27H22ClF4N5O4S/c28-22-6-5-17(42-22)14-33-23-13-20(34-37(23)26(40)18-3-1-2-4-19(18)27(30,31)32)21-11-16(29)12-24(38)36(21)15-25(39)35-7-9-41-10-8-35/h1-6,11-13,33H,7-10,14-15H2. The molecule has 220 valence electrons. The molecule has 1 fully saturated rings. The van der Waals surface area contributed by atoms with Crippen LogP contribution in [0, 0.1) is 5.82 Å². The first-order chi connectivity index (χ1) is 20.0. The summed E-state index contributed by atoms with van der Waals surface area (Å²) in [7, 11) is 0. The second-order valence-corrected chi connectivity index (χ2v) is 11.0. The Morgan fingerprint density at radius 2 is 1.81 bits per heavy atom. The minimum absolute atomic E-state index is 0.0285. The zero-order chi connectivity index (χ0) is 30.0. The van der Waals surface area contributed by atoms with Gasteiger partial charge in [-0.05, 0) is 24.3 Å². The molecule has 3 aromatic heterocycles. The topological polar surface area (TPSA) is 98.5 Å². The molecule has 4 aromatic rings. The number of nitrogens with zero attached hydrogens (tertiary/aromatic N) is 4. The molecule has 0 atom stereocenters. The minimum Gasteiger partial charge on any atom is -0.378 e. The molecule has 1 aliphatic rings. The number of anilines is 1. The highest BCUT2D eigenvalue weighted by Crippen LogP contribution is 2.33. The molecule has 0 spiro atoms. The van der Waals surface area contributed by atoms with Crippen LogP contribution in [0.5, 0.6) is 0 Å². The summed E-state index contributed by atoms with van der Waals surface area (Å²) in [6.07, 6.45) is -4.83. The van der Waals surface area contributed by atoms with Crippen LogP contribution in [0.3, 0.4) is 0 Å². The highest BCUT2D eigenvalue weighted by atomic mass is 35.5. The summed E-state index contributed by atoms with van der Waals surface area (Å²) in [5, 5.41) is 7.17. The van der Waals surface area contributed by atoms with Crippen LogP contribution in [0.2, 0.25) is 4.34 Å². The van der Waals surface area contributed by atoms with Crippen molar-refractivity contribution < 1.29 is 31.9 Å². The predicted octanol–water partition coefficient (Wildman–Crippen LogP) is 4.74. The lowest BCUT2D eigenvalue weighted by atomic mass is 10.1. The molecule has 42 heavy (non-hydrogen) atoms. The number of thiophene rings is 1. The van der Waals surface area contributed by atoms with E-state index in [4.69, 9.17) is 16.3 Å². The van der Waals surface area contributed by atoms with Gasteiger partial charge in [-0.1, -0.05) is 23.7 Å². The van der Waals surface area contributed by atoms with Crippen molar-refractivity contribution in [2.24, 2.45) is 0 Å². The number of benzene rings is 1. The fourth-order valence-corrected chi connectivity index (χ4v) is 5.46. The van der Waals surface area contributed by atoms with Crippen LogP contribution in [0.4, 0.5) is 23.4 Å². The van der Waals surface area contributed by atoms with Crippen molar-refractivity contribution >= 4 is 40.6 Å². The Bertz CT molecular complexity index is 1690. The average molecular weight is 624 g/mol. The fraction of sp³-hybridized carbons (Fsp3) is 0.259. The van der Waals surface area contributed by atoms with Gasteiger partial charge in [-0.25, -0.2) is 4.39 Å². The molecule has 1 aliphatic heterocycles. The van der Waals surface area contributed by atoms with Crippen molar-refractivity contribution in [3.63, 3.8) is 0 Å². The SMILES string of the molecule is O=C(Cn1c(-c2cc(NCc3ccc(Cl)s3)n(C(=O)c3ccccc3C(F)(F)F)n2)cc(F)cc1=O)N1CCOCC1. The highest BCUT2D eigenvalue weighted by molar-refractivity contribution is 7.16. The van der Waals surface area contributed by atoms with E-state index in [1.54, 1.807) is 12.1 Å². The number of rotatable bonds is 7. The molecule has 1 N–H and O–H groups in total. The predicted molar refractivity (Wildman–Crippen MR) is 147 cm³/mol. The minimum atomic E-state index is -4.83. The van der Waals surface area contributed by atoms with E-state index in [-0.39, 0.29) is 23.8 Å². The average Bonchev–Trinajstić information content (AvgIpc) is 3.58. The zero-order valence-corrected chi connectivity index (χ0v) is 23.2. The number of hydrogen-bond donors (Lipinski definition) is 1. The Labute approximate surface area is 244 Å². The number of amides is 1. The van der Waals surface area contributed by atoms with Gasteiger partial charge < -0.3 is 15.0 Å². The molecular weight excluding hydrogens is 602 g/mol. The maximum absolute atomic E-state index is 14.5. The van der Waals surface area contributed by atoms with Crippen molar-refractivity contribution in [2.75, 3.05) is 31.6 Å². The van der Waals surface area contributed by atoms with Crippen molar-refractivity contribution in [2.45, 2.75) is 19.3 Å². The maximum atomic E-state index is 14.5. The molecule has 5 rings (SSSR count). The lowest BCUT2D eigenvalue weighted by molar-refractivity contribution is -0.138. The van der Waals surface area contributed by atoms with Crippen LogP contribution >= 0.6 is 22.9 Å². The lowest BCUT2D eigenvalue weighted by Crippen LogP contribution is -2.43. The van der Waals surface area contributed by atoms with Gasteiger partial charge >= 0.3 is 6.18 Å². The number of nitrogens with one attached hydrogen (secondary N) is 1. The third kappa shape index (κ3) is 6.40. The maximum Gasteiger partial charge on any atom is 0.417 e. The van der Waals surface area contributed by atoms with Crippen LogP contribution in [0.15, 0.2) is 59.4 Å². The summed E-state index contributed by atoms with van der Waals surface area (Å²) >= 11 is 7.25. The molecule has 0 bridgehead atoms. The van der Waals surface area contributed by atoms with Gasteiger partial charge in [-0.3, -0.25) is 19.0 Å². The summed E-state index contributed by atoms with van der Waals surface area (Å²) in [5.74, 6) is -2.48. The Morgan fingerprint density at radius 1 is 1.07 bits per heavy atom. The first-order valence-electron chi connectivity index (χ1n) is 12.6. The summed E-state index contributed by atoms with van der Waals surface area (Å²) < 4.78 is 63.2. The quantitative estimate of drug-likeness (QED) is 0.299. The van der Waals surface area contributed by atoms with E-state index in [9.17, 15) is 31.9 Å². The van der Waals surface area contributed by atoms with Gasteiger partial charge in [0.15, 0.2) is 0 Å². The lowest BCUT2D eigenvalue weighted by Gasteiger charge is -2.27. The molecule has 1 amide bonds. The van der Waals surface area contributed by atoms with E-state index >= 15 is 0 Å². The van der Waals surface area contributed by atoms with Gasteiger partial charge in [0.05, 0.1) is 40.9 Å². The summed E-state index contributed by atoms with van der Waals surface area (Å²) in [4.78, 5) is 41.6. The Balaban J connectivity index is 1.58. The van der Waals surface area contributed by atoms with Crippen LogP contribution in [-0.2, 0) is 28.8 Å². The molecule has 1 aromatic carbocycles. The van der Waals surface area contributed by atoms with Gasteiger partial charge in [0.2, 0.25) is 5.91 Å². The number of morpholine rings is 1. The molecule has 1 saturated heterocycles. The fourth-order valence-electron chi connectivity index (χ4n) is 4.43. The number of hydrogen-bond acceptors (Lipinski definition) is 7. The third-order valence-electron chi connectivity index (χ3n) is 6.45. The van der Waals surface area contributed by atoms with E-state index in [2.05, 4.69) is 10.4 Å². The number of pyridine rings is 1. The number of ether oxygens (including phenoxy) is 1. The van der Waals surface area contributed by atoms with Crippen LogP contribution in [0.1, 0.15) is 20.8 Å². The van der Waals surface area contributed by atoms with Crippen LogP contribution in [0.25, 0.3) is 11.4 Å². The molecule has 4 heterocycles. The molecular formula is C27H22ClF4N5O4S. The smallest absolute Gasteiger partial charge is 0.378 e. The largest absolute Gasteiger partial charge is 0.417 e. The van der Waals surface area contributed by atoms with Gasteiger partial charge in [0.1, 0.15) is 23.9 Å². The van der Waals surface area contributed by atoms with Crippen molar-refractivity contribution in [1.29, 1.82) is 0 Å². The molecule has 0 aliphatic carbocycles. The molecule has 0 radical (unpaired) electrons. The number of alkyl halides is 3. The van der Waals surface area contributed by atoms with Crippen molar-refractivity contribution in [3.05, 3.63) is 91.1 Å². The summed E-state index contributed by atoms with van der Waals surface area (Å²) in [5.41, 5.74) is -2.93. The zero-order valence-electron chi connectivity index (χ0n) is 21.7. The summed E-state index contributed by atoms with van der Waals surface area (Å²) in [6, 6.07) is 10.6. The Morgan fingerprint density at radius 3 is 2.50 bits per heavy atom. The number of aromatic nitrogens is 3. The van der Waals surface area contributed by atoms with E-state index in [0.717, 1.165) is 38.4 Å². The highest BCUT2D eigenvalue weighted by Gasteiger charge is 2.36.